The highest BCUT2D eigenvalue weighted by Crippen LogP contribution is 2.27. The fraction of sp³-hybridized carbons (Fsp3) is 0.231. The van der Waals surface area contributed by atoms with Crippen LogP contribution in [-0.2, 0) is 19.2 Å². The van der Waals surface area contributed by atoms with Crippen molar-refractivity contribution in [3.8, 4) is 0 Å². The number of nitrogens with zero attached hydrogens (tertiary/aromatic N) is 2. The van der Waals surface area contributed by atoms with Crippen LogP contribution in [0, 0.1) is 10.1 Å². The molecule has 0 amide bonds. The summed E-state index contributed by atoms with van der Waals surface area (Å²) in [6.07, 6.45) is 1.33. The lowest BCUT2D eigenvalue weighted by Gasteiger charge is -2.21. The Morgan fingerprint density at radius 1 is 1.21 bits per heavy atom. The fourth-order valence-electron chi connectivity index (χ4n) is 1.86. The van der Waals surface area contributed by atoms with E-state index < -0.39 is 24.7 Å². The van der Waals surface area contributed by atoms with Gasteiger partial charge in [-0.3, -0.25) is 19.2 Å². The molecule has 0 fully saturated rings. The Morgan fingerprint density at radius 2 is 1.79 bits per heavy atom. The molecule has 0 bridgehead atoms. The molecule has 1 aromatic carbocycles. The first kappa shape index (κ1) is 18.7. The summed E-state index contributed by atoms with van der Waals surface area (Å²) in [6.45, 7) is 1.60. The maximum absolute atomic E-state index is 12.1. The number of carbonyl (C=O) groups is 1. The topological polar surface area (TPSA) is 116 Å². The van der Waals surface area contributed by atoms with E-state index in [2.05, 4.69) is 41.3 Å². The highest BCUT2D eigenvalue weighted by Gasteiger charge is 2.33. The van der Waals surface area contributed by atoms with Crippen LogP contribution in [0.4, 0.5) is 5.69 Å². The van der Waals surface area contributed by atoms with Crippen LogP contribution in [-0.4, -0.2) is 34.5 Å². The van der Waals surface area contributed by atoms with Gasteiger partial charge in [-0.2, -0.15) is 8.42 Å². The van der Waals surface area contributed by atoms with Crippen molar-refractivity contribution in [3.05, 3.63) is 46.0 Å². The molecule has 0 radical (unpaired) electrons. The number of allylic oxidation sites excluding steroid dienone is 2. The Bertz CT molecular complexity index is 848. The summed E-state index contributed by atoms with van der Waals surface area (Å²) in [4.78, 5) is 20.2. The Balaban J connectivity index is 2.27. The van der Waals surface area contributed by atoms with E-state index in [1.54, 1.807) is 6.92 Å². The highest BCUT2D eigenvalue weighted by molar-refractivity contribution is 9.12. The van der Waals surface area contributed by atoms with E-state index in [1.165, 1.54) is 6.08 Å². The molecule has 0 spiro atoms. The third-order valence-electron chi connectivity index (χ3n) is 3.12. The number of alkyl halides is 2. The zero-order valence-electron chi connectivity index (χ0n) is 12.0. The second kappa shape index (κ2) is 7.11. The number of hydrogen-bond acceptors (Lipinski definition) is 7. The van der Waals surface area contributed by atoms with Crippen LogP contribution in [0.1, 0.15) is 6.92 Å². The monoisotopic (exact) mass is 480 g/mol. The molecule has 1 aliphatic carbocycles. The first-order chi connectivity index (χ1) is 11.1. The van der Waals surface area contributed by atoms with Crippen LogP contribution < -0.4 is 0 Å². The lowest BCUT2D eigenvalue weighted by molar-refractivity contribution is -0.384. The predicted molar refractivity (Wildman–Crippen MR) is 93.0 cm³/mol. The minimum atomic E-state index is -4.24. The number of halogens is 2. The molecule has 1 aromatic rings. The molecule has 2 unspecified atom stereocenters. The van der Waals surface area contributed by atoms with Gasteiger partial charge in [-0.25, -0.2) is 0 Å². The zero-order valence-corrected chi connectivity index (χ0v) is 16.0. The molecule has 0 aliphatic heterocycles. The van der Waals surface area contributed by atoms with Crippen LogP contribution in [0.3, 0.4) is 0 Å². The van der Waals surface area contributed by atoms with Crippen molar-refractivity contribution in [2.24, 2.45) is 5.16 Å². The molecule has 0 aromatic heterocycles. The molecule has 0 heterocycles. The standard InChI is InChI=1S/C13H10Br2N2O6S/c1-7-6-10(18)11(14)12(15)13(7)16-23-24(21,22)9-4-2-8(3-5-9)17(19)20/h2-6,11-12H,1H3. The van der Waals surface area contributed by atoms with Gasteiger partial charge in [-0.15, -0.1) is 0 Å². The number of oxime groups is 1. The van der Waals surface area contributed by atoms with Crippen molar-refractivity contribution in [2.75, 3.05) is 0 Å². The van der Waals surface area contributed by atoms with Gasteiger partial charge in [-0.05, 0) is 30.7 Å². The van der Waals surface area contributed by atoms with Crippen LogP contribution in [0.25, 0.3) is 0 Å². The van der Waals surface area contributed by atoms with E-state index in [0.29, 0.717) is 5.57 Å². The number of nitro benzene ring substituents is 1. The van der Waals surface area contributed by atoms with Crippen molar-refractivity contribution in [2.45, 2.75) is 21.5 Å². The molecule has 8 nitrogen and oxygen atoms in total. The maximum atomic E-state index is 12.1. The van der Waals surface area contributed by atoms with Crippen molar-refractivity contribution in [1.29, 1.82) is 0 Å². The second-order valence-electron chi connectivity index (χ2n) is 4.79. The van der Waals surface area contributed by atoms with Crippen LogP contribution in [0.2, 0.25) is 0 Å². The highest BCUT2D eigenvalue weighted by atomic mass is 79.9. The van der Waals surface area contributed by atoms with Crippen molar-refractivity contribution >= 4 is 59.2 Å². The van der Waals surface area contributed by atoms with Gasteiger partial charge >= 0.3 is 10.1 Å². The average Bonchev–Trinajstić information content (AvgIpc) is 2.52. The summed E-state index contributed by atoms with van der Waals surface area (Å²) < 4.78 is 28.9. The summed E-state index contributed by atoms with van der Waals surface area (Å²) in [5, 5.41) is 14.2. The molecule has 0 N–H and O–H groups in total. The van der Waals surface area contributed by atoms with Gasteiger partial charge in [-0.1, -0.05) is 37.0 Å². The normalized spacial score (nSPS) is 23.0. The first-order valence-corrected chi connectivity index (χ1v) is 9.64. The van der Waals surface area contributed by atoms with Gasteiger partial charge in [0.1, 0.15) is 4.90 Å². The minimum Gasteiger partial charge on any atom is -0.294 e. The molecule has 24 heavy (non-hydrogen) atoms. The average molecular weight is 482 g/mol. The van der Waals surface area contributed by atoms with Gasteiger partial charge < -0.3 is 0 Å². The molecular formula is C13H10Br2N2O6S. The van der Waals surface area contributed by atoms with Gasteiger partial charge in [0.2, 0.25) is 0 Å². The van der Waals surface area contributed by atoms with E-state index >= 15 is 0 Å². The molecule has 2 atom stereocenters. The predicted octanol–water partition coefficient (Wildman–Crippen LogP) is 2.71. The summed E-state index contributed by atoms with van der Waals surface area (Å²) in [7, 11) is -4.24. The maximum Gasteiger partial charge on any atom is 0.358 e. The van der Waals surface area contributed by atoms with E-state index in [1.807, 2.05) is 0 Å². The first-order valence-electron chi connectivity index (χ1n) is 6.40. The summed E-state index contributed by atoms with van der Waals surface area (Å²) in [5.41, 5.74) is 0.478. The Kier molecular flexibility index (Phi) is 5.56. The van der Waals surface area contributed by atoms with Gasteiger partial charge in [0.15, 0.2) is 5.78 Å². The number of ketones is 1. The minimum absolute atomic E-state index is 0.174. The Morgan fingerprint density at radius 3 is 2.33 bits per heavy atom. The molecule has 1 aliphatic rings. The number of carbonyl (C=O) groups excluding carboxylic acids is 1. The molecule has 11 heteroatoms. The number of nitro groups is 1. The van der Waals surface area contributed by atoms with Crippen LogP contribution in [0.15, 0.2) is 46.0 Å². The van der Waals surface area contributed by atoms with E-state index in [4.69, 9.17) is 0 Å². The SMILES string of the molecule is CC1=CC(=O)C(Br)C(Br)C1=NOS(=O)(=O)c1ccc([N+](=O)[O-])cc1. The van der Waals surface area contributed by atoms with Gasteiger partial charge in [0, 0.05) is 12.1 Å². The van der Waals surface area contributed by atoms with Crippen molar-refractivity contribution in [1.82, 2.24) is 0 Å². The van der Waals surface area contributed by atoms with Crippen molar-refractivity contribution < 1.29 is 22.4 Å². The number of non-ortho nitro benzene ring substituents is 1. The zero-order chi connectivity index (χ0) is 18.1. The lowest BCUT2D eigenvalue weighted by atomic mass is 9.97. The van der Waals surface area contributed by atoms with Crippen molar-refractivity contribution in [3.63, 3.8) is 0 Å². The lowest BCUT2D eigenvalue weighted by Crippen LogP contribution is -2.35. The quantitative estimate of drug-likeness (QED) is 0.370. The molecule has 128 valence electrons. The fourth-order valence-corrected chi connectivity index (χ4v) is 3.68. The number of hydrogen-bond donors (Lipinski definition) is 0. The summed E-state index contributed by atoms with van der Waals surface area (Å²) >= 11 is 6.44. The Hall–Kier alpha value is -1.59. The van der Waals surface area contributed by atoms with E-state index in [0.717, 1.165) is 24.3 Å². The third-order valence-corrected chi connectivity index (χ3v) is 6.89. The number of benzene rings is 1. The smallest absolute Gasteiger partial charge is 0.294 e. The van der Waals surface area contributed by atoms with Gasteiger partial charge in [0.05, 0.1) is 20.3 Å². The van der Waals surface area contributed by atoms with E-state index in [9.17, 15) is 23.3 Å². The second-order valence-corrected chi connectivity index (χ2v) is 8.29. The van der Waals surface area contributed by atoms with E-state index in [-0.39, 0.29) is 22.1 Å². The third kappa shape index (κ3) is 3.90. The summed E-state index contributed by atoms with van der Waals surface area (Å²) in [6, 6.07) is 4.21. The largest absolute Gasteiger partial charge is 0.358 e. The van der Waals surface area contributed by atoms with Crippen LogP contribution in [0.5, 0.6) is 0 Å². The van der Waals surface area contributed by atoms with Crippen LogP contribution >= 0.6 is 31.9 Å². The molecular weight excluding hydrogens is 472 g/mol. The number of rotatable bonds is 4. The molecule has 2 rings (SSSR count). The van der Waals surface area contributed by atoms with Gasteiger partial charge in [0.25, 0.3) is 5.69 Å². The Labute approximate surface area is 154 Å². The molecule has 0 saturated heterocycles. The molecule has 0 saturated carbocycles. The summed E-state index contributed by atoms with van der Waals surface area (Å²) in [5.74, 6) is -0.174.